The first-order valence-electron chi connectivity index (χ1n) is 6.22. The van der Waals surface area contributed by atoms with Crippen LogP contribution in [0.15, 0.2) is 0 Å². The molecule has 0 saturated carbocycles. The first kappa shape index (κ1) is 12.9. The van der Waals surface area contributed by atoms with Crippen LogP contribution >= 0.6 is 0 Å². The molecule has 3 nitrogen and oxygen atoms in total. The Morgan fingerprint density at radius 3 is 2.27 bits per heavy atom. The highest BCUT2D eigenvalue weighted by Gasteiger charge is 2.30. The van der Waals surface area contributed by atoms with E-state index in [0.29, 0.717) is 18.1 Å². The topological polar surface area (TPSA) is 44.3 Å². The zero-order valence-electron chi connectivity index (χ0n) is 10.5. The Morgan fingerprint density at radius 1 is 1.20 bits per heavy atom. The minimum absolute atomic E-state index is 0.404. The zero-order valence-corrected chi connectivity index (χ0v) is 10.5. The van der Waals surface area contributed by atoms with Gasteiger partial charge in [0.25, 0.3) is 0 Å². The van der Waals surface area contributed by atoms with Gasteiger partial charge in [0.15, 0.2) is 0 Å². The van der Waals surface area contributed by atoms with Gasteiger partial charge >= 0.3 is 0 Å². The van der Waals surface area contributed by atoms with Crippen LogP contribution in [-0.2, 0) is 0 Å². The minimum atomic E-state index is -0.486. The fourth-order valence-corrected chi connectivity index (χ4v) is 2.21. The van der Waals surface area contributed by atoms with Crippen molar-refractivity contribution < 1.29 is 5.11 Å². The second kappa shape index (κ2) is 5.28. The van der Waals surface area contributed by atoms with Crippen LogP contribution in [0.4, 0.5) is 0 Å². The van der Waals surface area contributed by atoms with Crippen LogP contribution in [0.1, 0.15) is 47.0 Å². The molecule has 15 heavy (non-hydrogen) atoms. The highest BCUT2D eigenvalue weighted by Crippen LogP contribution is 2.22. The van der Waals surface area contributed by atoms with E-state index in [0.717, 1.165) is 25.8 Å². The highest BCUT2D eigenvalue weighted by atomic mass is 16.3. The van der Waals surface area contributed by atoms with Gasteiger partial charge in [-0.15, -0.1) is 0 Å². The standard InChI is InChI=1S/C12H26N2O/c1-5-12(15,6-2)7-11-8-13-9(3)10(4)14-11/h9-11,13-15H,5-8H2,1-4H3. The smallest absolute Gasteiger partial charge is 0.0657 e. The number of piperazine rings is 1. The molecule has 3 N–H and O–H groups in total. The number of aliphatic hydroxyl groups is 1. The number of rotatable bonds is 4. The van der Waals surface area contributed by atoms with Gasteiger partial charge in [-0.1, -0.05) is 13.8 Å². The molecule has 1 saturated heterocycles. The van der Waals surface area contributed by atoms with Gasteiger partial charge < -0.3 is 15.7 Å². The lowest BCUT2D eigenvalue weighted by atomic mass is 9.88. The Bertz CT molecular complexity index is 192. The molecule has 1 rings (SSSR count). The third-order valence-corrected chi connectivity index (χ3v) is 3.88. The second-order valence-electron chi connectivity index (χ2n) is 4.98. The maximum absolute atomic E-state index is 10.3. The van der Waals surface area contributed by atoms with Crippen molar-refractivity contribution in [3.05, 3.63) is 0 Å². The monoisotopic (exact) mass is 214 g/mol. The molecule has 3 atom stereocenters. The van der Waals surface area contributed by atoms with Crippen molar-refractivity contribution in [2.24, 2.45) is 0 Å². The van der Waals surface area contributed by atoms with E-state index in [1.54, 1.807) is 0 Å². The summed E-state index contributed by atoms with van der Waals surface area (Å²) in [7, 11) is 0. The molecule has 0 bridgehead atoms. The van der Waals surface area contributed by atoms with Gasteiger partial charge in [-0.05, 0) is 33.1 Å². The molecule has 1 aliphatic heterocycles. The van der Waals surface area contributed by atoms with E-state index in [1.165, 1.54) is 0 Å². The van der Waals surface area contributed by atoms with Crippen LogP contribution in [0, 0.1) is 0 Å². The maximum atomic E-state index is 10.3. The molecule has 0 aromatic carbocycles. The Labute approximate surface area is 93.6 Å². The zero-order chi connectivity index (χ0) is 11.5. The third-order valence-electron chi connectivity index (χ3n) is 3.88. The van der Waals surface area contributed by atoms with Crippen molar-refractivity contribution in [3.63, 3.8) is 0 Å². The van der Waals surface area contributed by atoms with Crippen molar-refractivity contribution >= 4 is 0 Å². The van der Waals surface area contributed by atoms with E-state index in [-0.39, 0.29) is 0 Å². The highest BCUT2D eigenvalue weighted by molar-refractivity contribution is 4.91. The number of nitrogens with one attached hydrogen (secondary N) is 2. The summed E-state index contributed by atoms with van der Waals surface area (Å²) in [5.74, 6) is 0. The van der Waals surface area contributed by atoms with Gasteiger partial charge in [-0.3, -0.25) is 0 Å². The van der Waals surface area contributed by atoms with Gasteiger partial charge in [0.2, 0.25) is 0 Å². The van der Waals surface area contributed by atoms with E-state index in [4.69, 9.17) is 0 Å². The quantitative estimate of drug-likeness (QED) is 0.660. The summed E-state index contributed by atoms with van der Waals surface area (Å²) in [6, 6.07) is 1.42. The lowest BCUT2D eigenvalue weighted by Gasteiger charge is -2.38. The molecule has 1 heterocycles. The van der Waals surface area contributed by atoms with E-state index >= 15 is 0 Å². The van der Waals surface area contributed by atoms with E-state index < -0.39 is 5.60 Å². The minimum Gasteiger partial charge on any atom is -0.390 e. The molecule has 1 fully saturated rings. The lowest BCUT2D eigenvalue weighted by Crippen LogP contribution is -2.60. The van der Waals surface area contributed by atoms with E-state index in [9.17, 15) is 5.11 Å². The predicted molar refractivity (Wildman–Crippen MR) is 64.0 cm³/mol. The summed E-state index contributed by atoms with van der Waals surface area (Å²) in [6.07, 6.45) is 2.53. The molecule has 0 radical (unpaired) electrons. The Hall–Kier alpha value is -0.120. The largest absolute Gasteiger partial charge is 0.390 e. The summed E-state index contributed by atoms with van der Waals surface area (Å²) < 4.78 is 0. The van der Waals surface area contributed by atoms with Gasteiger partial charge in [0.05, 0.1) is 5.60 Å². The van der Waals surface area contributed by atoms with Crippen LogP contribution in [0.2, 0.25) is 0 Å². The lowest BCUT2D eigenvalue weighted by molar-refractivity contribution is 0.00951. The Kier molecular flexibility index (Phi) is 4.56. The molecular formula is C12H26N2O. The molecule has 0 aromatic rings. The average molecular weight is 214 g/mol. The van der Waals surface area contributed by atoms with Crippen molar-refractivity contribution in [2.75, 3.05) is 6.54 Å². The fourth-order valence-electron chi connectivity index (χ4n) is 2.21. The molecular weight excluding hydrogens is 188 g/mol. The van der Waals surface area contributed by atoms with Crippen molar-refractivity contribution in [3.8, 4) is 0 Å². The molecule has 90 valence electrons. The summed E-state index contributed by atoms with van der Waals surface area (Å²) in [6.45, 7) is 9.48. The normalized spacial score (nSPS) is 33.0. The van der Waals surface area contributed by atoms with Crippen molar-refractivity contribution in [2.45, 2.75) is 70.7 Å². The predicted octanol–water partition coefficient (Wildman–Crippen LogP) is 1.27. The fraction of sp³-hybridized carbons (Fsp3) is 1.00. The van der Waals surface area contributed by atoms with Gasteiger partial charge in [-0.25, -0.2) is 0 Å². The average Bonchev–Trinajstić information content (AvgIpc) is 2.23. The SMILES string of the molecule is CCC(O)(CC)CC1CNC(C)C(C)N1. The number of hydrogen-bond acceptors (Lipinski definition) is 3. The van der Waals surface area contributed by atoms with Crippen molar-refractivity contribution in [1.29, 1.82) is 0 Å². The Morgan fingerprint density at radius 2 is 1.80 bits per heavy atom. The van der Waals surface area contributed by atoms with Crippen LogP contribution in [0.25, 0.3) is 0 Å². The molecule has 1 aliphatic rings. The van der Waals surface area contributed by atoms with Crippen LogP contribution in [0.5, 0.6) is 0 Å². The molecule has 3 unspecified atom stereocenters. The van der Waals surface area contributed by atoms with Gasteiger partial charge in [0.1, 0.15) is 0 Å². The third kappa shape index (κ3) is 3.44. The van der Waals surface area contributed by atoms with E-state index in [1.807, 2.05) is 0 Å². The van der Waals surface area contributed by atoms with Crippen molar-refractivity contribution in [1.82, 2.24) is 10.6 Å². The van der Waals surface area contributed by atoms with E-state index in [2.05, 4.69) is 38.3 Å². The summed E-state index contributed by atoms with van der Waals surface area (Å²) in [4.78, 5) is 0. The van der Waals surface area contributed by atoms with Gasteiger partial charge in [-0.2, -0.15) is 0 Å². The first-order chi connectivity index (χ1) is 7.00. The molecule has 0 aromatic heterocycles. The molecule has 0 aliphatic carbocycles. The second-order valence-corrected chi connectivity index (χ2v) is 4.98. The van der Waals surface area contributed by atoms with Gasteiger partial charge in [0, 0.05) is 24.7 Å². The van der Waals surface area contributed by atoms with Crippen LogP contribution in [0.3, 0.4) is 0 Å². The summed E-state index contributed by atoms with van der Waals surface area (Å²) in [5, 5.41) is 17.3. The number of hydrogen-bond donors (Lipinski definition) is 3. The van der Waals surface area contributed by atoms with Crippen LogP contribution < -0.4 is 10.6 Å². The summed E-state index contributed by atoms with van der Waals surface area (Å²) >= 11 is 0. The molecule has 3 heteroatoms. The summed E-state index contributed by atoms with van der Waals surface area (Å²) in [5.41, 5.74) is -0.486. The molecule has 0 amide bonds. The maximum Gasteiger partial charge on any atom is 0.0657 e. The first-order valence-corrected chi connectivity index (χ1v) is 6.22. The molecule has 0 spiro atoms. The Balaban J connectivity index is 2.45. The van der Waals surface area contributed by atoms with Crippen LogP contribution in [-0.4, -0.2) is 35.4 Å².